The van der Waals surface area contributed by atoms with Gasteiger partial charge in [-0.2, -0.15) is 0 Å². The summed E-state index contributed by atoms with van der Waals surface area (Å²) in [4.78, 5) is 54.7. The summed E-state index contributed by atoms with van der Waals surface area (Å²) >= 11 is 0. The van der Waals surface area contributed by atoms with Crippen molar-refractivity contribution in [2.75, 3.05) is 40.6 Å². The Bertz CT molecular complexity index is 1910. The molecule has 5 heterocycles. The third kappa shape index (κ3) is 7.56. The maximum atomic E-state index is 14.1. The fourth-order valence-electron chi connectivity index (χ4n) is 7.04. The number of allylic oxidation sites excluding steroid dienone is 10. The van der Waals surface area contributed by atoms with E-state index in [0.29, 0.717) is 69.5 Å². The number of ether oxygens (including phenoxy) is 3. The van der Waals surface area contributed by atoms with E-state index >= 15 is 0 Å². The molecule has 2 atom stereocenters. The van der Waals surface area contributed by atoms with Gasteiger partial charge in [0.15, 0.2) is 0 Å². The summed E-state index contributed by atoms with van der Waals surface area (Å²) in [5, 5.41) is 25.9. The van der Waals surface area contributed by atoms with Crippen LogP contribution in [-0.4, -0.2) is 85.8 Å². The number of hydrogen-bond donors (Lipinski definition) is 4. The molecular weight excluding hydrogens is 666 g/mol. The van der Waals surface area contributed by atoms with Crippen LogP contribution in [0.5, 0.6) is 0 Å². The topological polar surface area (TPSA) is 180 Å². The molecule has 2 unspecified atom stereocenters. The van der Waals surface area contributed by atoms with Crippen molar-refractivity contribution in [3.8, 4) is 0 Å². The number of hydrogen-bond acceptors (Lipinski definition) is 12. The van der Waals surface area contributed by atoms with E-state index < -0.39 is 11.9 Å². The van der Waals surface area contributed by atoms with Gasteiger partial charge in [-0.3, -0.25) is 14.4 Å². The quantitative estimate of drug-likeness (QED) is 0.128. The number of rotatable bonds is 12. The van der Waals surface area contributed by atoms with Gasteiger partial charge in [0.1, 0.15) is 0 Å². The first-order valence-electron chi connectivity index (χ1n) is 17.5. The standard InChI is InChI=1S/C39H47N5O8/c1-8-24-20(2)29-17-33-27(19-46)22(4)28(42-33)16-30-21(3)25(9-10-34(47)50-6)37(43-30)26(15-35(48)51-7)38-36(39(49)40-11-13-52-14-12-45)23(5)31(44-38)18-32(24)41-29/h16-19,21,25,43,45-46H,8-15H2,1-7H3,(H,40,49). The zero-order valence-electron chi connectivity index (χ0n) is 30.8. The van der Waals surface area contributed by atoms with Crippen LogP contribution in [0.4, 0.5) is 0 Å². The molecule has 276 valence electrons. The van der Waals surface area contributed by atoms with Crippen molar-refractivity contribution in [3.63, 3.8) is 0 Å². The molecule has 13 heteroatoms. The molecule has 1 amide bonds. The molecule has 5 aliphatic heterocycles. The lowest BCUT2D eigenvalue weighted by Crippen LogP contribution is -2.32. The van der Waals surface area contributed by atoms with Crippen LogP contribution in [0.3, 0.4) is 0 Å². The highest BCUT2D eigenvalue weighted by Crippen LogP contribution is 2.43. The predicted octanol–water partition coefficient (Wildman–Crippen LogP) is 4.53. The summed E-state index contributed by atoms with van der Waals surface area (Å²) < 4.78 is 15.5. The number of methoxy groups -OCH3 is 2. The van der Waals surface area contributed by atoms with E-state index in [9.17, 15) is 19.5 Å². The molecule has 4 N–H and O–H groups in total. The van der Waals surface area contributed by atoms with E-state index in [0.717, 1.165) is 28.7 Å². The first kappa shape index (κ1) is 38.1. The SMILES string of the molecule is CCC1=C(C)C2=CC3=NC(=C(C)C3=CO)C=C3NC(=C(CC(=O)OC)C4=NC(=CC1=N2)C(C)=C4C(=O)NCCOCCO)C(CCC(=O)OC)C3C. The molecule has 0 aromatic rings. The van der Waals surface area contributed by atoms with Crippen LogP contribution < -0.4 is 10.6 Å². The van der Waals surface area contributed by atoms with Crippen LogP contribution in [0.1, 0.15) is 60.3 Å². The second-order valence-electron chi connectivity index (χ2n) is 13.0. The van der Waals surface area contributed by atoms with Crippen molar-refractivity contribution in [1.82, 2.24) is 10.6 Å². The van der Waals surface area contributed by atoms with Crippen molar-refractivity contribution >= 4 is 35.0 Å². The first-order valence-corrected chi connectivity index (χ1v) is 17.5. The molecule has 0 aliphatic carbocycles. The van der Waals surface area contributed by atoms with E-state index in [1.54, 1.807) is 0 Å². The summed E-state index contributed by atoms with van der Waals surface area (Å²) in [5.74, 6) is -1.82. The monoisotopic (exact) mass is 713 g/mol. The number of nitrogens with one attached hydrogen (secondary N) is 2. The molecule has 8 bridgehead atoms. The van der Waals surface area contributed by atoms with Crippen molar-refractivity contribution < 1.29 is 38.8 Å². The smallest absolute Gasteiger partial charge is 0.310 e. The molecule has 1 fully saturated rings. The fourth-order valence-corrected chi connectivity index (χ4v) is 7.04. The third-order valence-corrected chi connectivity index (χ3v) is 10.0. The Hall–Kier alpha value is -5.14. The molecule has 0 aromatic carbocycles. The van der Waals surface area contributed by atoms with E-state index in [1.165, 1.54) is 14.2 Å². The second kappa shape index (κ2) is 16.5. The Labute approximate surface area is 303 Å². The Morgan fingerprint density at radius 3 is 2.31 bits per heavy atom. The van der Waals surface area contributed by atoms with Crippen molar-refractivity contribution in [2.24, 2.45) is 26.8 Å². The minimum absolute atomic E-state index is 0.115. The van der Waals surface area contributed by atoms with Gasteiger partial charge in [0.25, 0.3) is 5.91 Å². The van der Waals surface area contributed by atoms with Crippen LogP contribution >= 0.6 is 0 Å². The minimum atomic E-state index is -0.534. The van der Waals surface area contributed by atoms with Gasteiger partial charge in [-0.25, -0.2) is 15.0 Å². The third-order valence-electron chi connectivity index (χ3n) is 10.0. The van der Waals surface area contributed by atoms with Gasteiger partial charge in [-0.15, -0.1) is 0 Å². The molecule has 13 nitrogen and oxygen atoms in total. The number of aliphatic imine (C=N–C) groups is 3. The van der Waals surface area contributed by atoms with Crippen molar-refractivity contribution in [2.45, 2.75) is 60.3 Å². The highest BCUT2D eigenvalue weighted by molar-refractivity contribution is 6.32. The summed E-state index contributed by atoms with van der Waals surface area (Å²) in [6, 6.07) is 0. The van der Waals surface area contributed by atoms with Crippen LogP contribution in [0, 0.1) is 11.8 Å². The second-order valence-corrected chi connectivity index (χ2v) is 13.0. The molecule has 5 rings (SSSR count). The Balaban J connectivity index is 1.80. The highest BCUT2D eigenvalue weighted by Gasteiger charge is 2.40. The first-order chi connectivity index (χ1) is 25.0. The van der Waals surface area contributed by atoms with Gasteiger partial charge < -0.3 is 35.1 Å². The largest absolute Gasteiger partial charge is 0.515 e. The molecule has 0 saturated carbocycles. The number of aliphatic hydroxyl groups is 2. The van der Waals surface area contributed by atoms with Crippen molar-refractivity contribution in [3.05, 3.63) is 92.0 Å². The Kier molecular flexibility index (Phi) is 12.1. The summed E-state index contributed by atoms with van der Waals surface area (Å²) in [6.45, 7) is 10.1. The number of aliphatic hydroxyl groups excluding tert-OH is 2. The maximum Gasteiger partial charge on any atom is 0.310 e. The van der Waals surface area contributed by atoms with Crippen LogP contribution in [-0.2, 0) is 28.6 Å². The van der Waals surface area contributed by atoms with Crippen LogP contribution in [0.25, 0.3) is 0 Å². The van der Waals surface area contributed by atoms with Gasteiger partial charge in [0, 0.05) is 47.3 Å². The van der Waals surface area contributed by atoms with Crippen LogP contribution in [0.15, 0.2) is 107 Å². The van der Waals surface area contributed by atoms with Crippen molar-refractivity contribution in [1.29, 1.82) is 0 Å². The van der Waals surface area contributed by atoms with E-state index in [-0.39, 0.29) is 62.6 Å². The van der Waals surface area contributed by atoms with Gasteiger partial charge >= 0.3 is 11.9 Å². The van der Waals surface area contributed by atoms with Gasteiger partial charge in [0.05, 0.1) is 86.5 Å². The molecule has 5 aliphatic rings. The average Bonchev–Trinajstić information content (AvgIpc) is 3.81. The minimum Gasteiger partial charge on any atom is -0.515 e. The maximum absolute atomic E-state index is 14.1. The Morgan fingerprint density at radius 2 is 1.63 bits per heavy atom. The lowest BCUT2D eigenvalue weighted by Gasteiger charge is -2.20. The van der Waals surface area contributed by atoms with Crippen LogP contribution in [0.2, 0.25) is 0 Å². The van der Waals surface area contributed by atoms with E-state index in [4.69, 9.17) is 34.3 Å². The van der Waals surface area contributed by atoms with Gasteiger partial charge in [-0.1, -0.05) is 13.8 Å². The highest BCUT2D eigenvalue weighted by atomic mass is 16.5. The number of carbonyl (C=O) groups is 3. The molecule has 52 heavy (non-hydrogen) atoms. The molecule has 0 aromatic heterocycles. The molecule has 0 spiro atoms. The number of esters is 2. The van der Waals surface area contributed by atoms with Gasteiger partial charge in [0.2, 0.25) is 0 Å². The number of nitrogens with zero attached hydrogens (tertiary/aromatic N) is 3. The molecule has 0 radical (unpaired) electrons. The normalized spacial score (nSPS) is 21.9. The molecular formula is C39H47N5O8. The zero-order valence-corrected chi connectivity index (χ0v) is 30.8. The fraction of sp³-hybridized carbons (Fsp3) is 0.436. The average molecular weight is 714 g/mol. The summed E-state index contributed by atoms with van der Waals surface area (Å²) in [6.07, 6.45) is 7.66. The van der Waals surface area contributed by atoms with E-state index in [1.807, 2.05) is 52.8 Å². The Morgan fingerprint density at radius 1 is 0.923 bits per heavy atom. The van der Waals surface area contributed by atoms with E-state index in [2.05, 4.69) is 10.6 Å². The number of carbonyl (C=O) groups excluding carboxylic acids is 3. The molecule has 1 saturated heterocycles. The lowest BCUT2D eigenvalue weighted by atomic mass is 9.84. The zero-order chi connectivity index (χ0) is 37.7. The number of fused-ring (bicyclic) bond motifs is 5. The predicted molar refractivity (Wildman–Crippen MR) is 197 cm³/mol. The lowest BCUT2D eigenvalue weighted by molar-refractivity contribution is -0.141. The summed E-state index contributed by atoms with van der Waals surface area (Å²) in [5.41, 5.74) is 9.44. The summed E-state index contributed by atoms with van der Waals surface area (Å²) in [7, 11) is 2.65. The number of amides is 1. The van der Waals surface area contributed by atoms with Gasteiger partial charge in [-0.05, 0) is 74.1 Å².